The number of aromatic nitrogens is 3. The van der Waals surface area contributed by atoms with Gasteiger partial charge in [0.2, 0.25) is 11.1 Å². The molecule has 0 aliphatic carbocycles. The fourth-order valence-corrected chi connectivity index (χ4v) is 1.98. The zero-order chi connectivity index (χ0) is 17.1. The summed E-state index contributed by atoms with van der Waals surface area (Å²) in [7, 11) is 0. The van der Waals surface area contributed by atoms with Crippen molar-refractivity contribution in [3.63, 3.8) is 0 Å². The highest BCUT2D eigenvalue weighted by Gasteiger charge is 2.38. The summed E-state index contributed by atoms with van der Waals surface area (Å²) in [5, 5.41) is 17.6. The molecule has 0 aromatic carbocycles. The number of carbonyl (C=O) groups excluding carboxylic acids is 1. The number of carbonyl (C=O) groups is 1. The SMILES string of the molecule is CC(C)C(C)(C#N)NC(=O)CSc1nnc(C(F)(F)F)n1N. The van der Waals surface area contributed by atoms with E-state index in [1.807, 2.05) is 6.07 Å². The molecule has 0 saturated carbocycles. The van der Waals surface area contributed by atoms with E-state index >= 15 is 0 Å². The van der Waals surface area contributed by atoms with Gasteiger partial charge < -0.3 is 11.2 Å². The summed E-state index contributed by atoms with van der Waals surface area (Å²) in [5.41, 5.74) is -1.06. The number of rotatable bonds is 5. The van der Waals surface area contributed by atoms with Gasteiger partial charge in [-0.1, -0.05) is 25.6 Å². The zero-order valence-corrected chi connectivity index (χ0v) is 12.9. The van der Waals surface area contributed by atoms with Crippen molar-refractivity contribution in [3.05, 3.63) is 5.82 Å². The van der Waals surface area contributed by atoms with Gasteiger partial charge in [0.1, 0.15) is 5.54 Å². The van der Waals surface area contributed by atoms with Crippen LogP contribution in [0.5, 0.6) is 0 Å². The number of nitrogens with one attached hydrogen (secondary N) is 1. The summed E-state index contributed by atoms with van der Waals surface area (Å²) >= 11 is 0.698. The minimum atomic E-state index is -4.72. The highest BCUT2D eigenvalue weighted by Crippen LogP contribution is 2.28. The monoisotopic (exact) mass is 336 g/mol. The van der Waals surface area contributed by atoms with E-state index < -0.39 is 23.4 Å². The molecule has 0 aliphatic heterocycles. The first-order valence-electron chi connectivity index (χ1n) is 6.14. The van der Waals surface area contributed by atoms with E-state index in [2.05, 4.69) is 15.5 Å². The molecule has 11 heteroatoms. The maximum atomic E-state index is 12.5. The number of nitrogen functional groups attached to an aromatic ring is 1. The number of nitriles is 1. The second-order valence-electron chi connectivity index (χ2n) is 4.98. The summed E-state index contributed by atoms with van der Waals surface area (Å²) in [6.07, 6.45) is -4.72. The molecule has 0 radical (unpaired) electrons. The highest BCUT2D eigenvalue weighted by atomic mass is 32.2. The molecule has 1 rings (SSSR count). The van der Waals surface area contributed by atoms with E-state index in [9.17, 15) is 18.0 Å². The molecule has 1 atom stereocenters. The molecular formula is C11H15F3N6OS. The van der Waals surface area contributed by atoms with Gasteiger partial charge in [-0.15, -0.1) is 10.2 Å². The lowest BCUT2D eigenvalue weighted by molar-refractivity contribution is -0.146. The van der Waals surface area contributed by atoms with Crippen molar-refractivity contribution in [2.75, 3.05) is 11.6 Å². The molecule has 0 fully saturated rings. The molecule has 1 heterocycles. The Labute approximate surface area is 129 Å². The van der Waals surface area contributed by atoms with Crippen LogP contribution in [0.4, 0.5) is 13.2 Å². The first-order chi connectivity index (χ1) is 10.0. The number of hydrogen-bond donors (Lipinski definition) is 2. The number of hydrogen-bond acceptors (Lipinski definition) is 6. The van der Waals surface area contributed by atoms with E-state index in [4.69, 9.17) is 11.1 Å². The minimum Gasteiger partial charge on any atom is -0.337 e. The third-order valence-corrected chi connectivity index (χ3v) is 3.98. The van der Waals surface area contributed by atoms with Gasteiger partial charge in [-0.25, -0.2) is 4.68 Å². The van der Waals surface area contributed by atoms with Crippen molar-refractivity contribution in [2.24, 2.45) is 5.92 Å². The van der Waals surface area contributed by atoms with Gasteiger partial charge in [0.15, 0.2) is 0 Å². The van der Waals surface area contributed by atoms with Crippen LogP contribution in [0.15, 0.2) is 5.16 Å². The third-order valence-electron chi connectivity index (χ3n) is 3.04. The lowest BCUT2D eigenvalue weighted by atomic mass is 9.90. The Morgan fingerprint density at radius 3 is 2.50 bits per heavy atom. The van der Waals surface area contributed by atoms with Crippen molar-refractivity contribution in [1.82, 2.24) is 20.2 Å². The Balaban J connectivity index is 2.70. The van der Waals surface area contributed by atoms with Crippen molar-refractivity contribution in [3.8, 4) is 6.07 Å². The third kappa shape index (κ3) is 4.03. The Morgan fingerprint density at radius 1 is 1.50 bits per heavy atom. The van der Waals surface area contributed by atoms with E-state index in [-0.39, 0.29) is 21.5 Å². The summed E-state index contributed by atoms with van der Waals surface area (Å²) in [6.45, 7) is 5.10. The van der Waals surface area contributed by atoms with Crippen molar-refractivity contribution < 1.29 is 18.0 Å². The van der Waals surface area contributed by atoms with Crippen LogP contribution in [-0.2, 0) is 11.0 Å². The molecule has 1 aromatic rings. The number of amides is 1. The Hall–Kier alpha value is -1.96. The molecule has 0 bridgehead atoms. The number of thioether (sulfide) groups is 1. The van der Waals surface area contributed by atoms with Crippen LogP contribution in [0.1, 0.15) is 26.6 Å². The summed E-state index contributed by atoms with van der Waals surface area (Å²) in [6, 6.07) is 1.99. The number of halogens is 3. The summed E-state index contributed by atoms with van der Waals surface area (Å²) < 4.78 is 37.8. The predicted octanol–water partition coefficient (Wildman–Crippen LogP) is 1.16. The lowest BCUT2D eigenvalue weighted by Gasteiger charge is -2.27. The fraction of sp³-hybridized carbons (Fsp3) is 0.636. The maximum absolute atomic E-state index is 12.5. The standard InChI is InChI=1S/C11H15F3N6OS/c1-6(2)10(3,5-15)17-7(21)4-22-9-19-18-8(20(9)16)11(12,13)14/h6H,4,16H2,1-3H3,(H,17,21). The molecule has 1 aromatic heterocycles. The van der Waals surface area contributed by atoms with Gasteiger partial charge in [-0.2, -0.15) is 18.4 Å². The van der Waals surface area contributed by atoms with Gasteiger partial charge >= 0.3 is 6.18 Å². The molecule has 122 valence electrons. The second kappa shape index (κ2) is 6.43. The van der Waals surface area contributed by atoms with Crippen molar-refractivity contribution in [2.45, 2.75) is 37.6 Å². The quantitative estimate of drug-likeness (QED) is 0.617. The Bertz CT molecular complexity index is 594. The minimum absolute atomic E-state index is 0.138. The van der Waals surface area contributed by atoms with Crippen LogP contribution in [0.3, 0.4) is 0 Å². The van der Waals surface area contributed by atoms with Crippen LogP contribution < -0.4 is 11.2 Å². The van der Waals surface area contributed by atoms with E-state index in [0.717, 1.165) is 0 Å². The molecule has 0 aliphatic rings. The lowest BCUT2D eigenvalue weighted by Crippen LogP contribution is -2.49. The fourth-order valence-electron chi connectivity index (χ4n) is 1.33. The number of nitrogens with zero attached hydrogens (tertiary/aromatic N) is 4. The highest BCUT2D eigenvalue weighted by molar-refractivity contribution is 7.99. The topological polar surface area (TPSA) is 110 Å². The van der Waals surface area contributed by atoms with Crippen molar-refractivity contribution in [1.29, 1.82) is 5.26 Å². The Morgan fingerprint density at radius 2 is 2.09 bits per heavy atom. The van der Waals surface area contributed by atoms with Gasteiger partial charge in [-0.05, 0) is 12.8 Å². The van der Waals surface area contributed by atoms with Crippen LogP contribution in [0.25, 0.3) is 0 Å². The maximum Gasteiger partial charge on any atom is 0.453 e. The normalized spacial score (nSPS) is 14.5. The van der Waals surface area contributed by atoms with Gasteiger partial charge in [0, 0.05) is 0 Å². The van der Waals surface area contributed by atoms with Crippen LogP contribution >= 0.6 is 11.8 Å². The van der Waals surface area contributed by atoms with E-state index in [0.29, 0.717) is 11.8 Å². The predicted molar refractivity (Wildman–Crippen MR) is 72.9 cm³/mol. The summed E-state index contributed by atoms with van der Waals surface area (Å²) in [5.74, 6) is 3.01. The van der Waals surface area contributed by atoms with Crippen molar-refractivity contribution >= 4 is 17.7 Å². The average molecular weight is 336 g/mol. The van der Waals surface area contributed by atoms with Gasteiger partial charge in [0.05, 0.1) is 11.8 Å². The summed E-state index contributed by atoms with van der Waals surface area (Å²) in [4.78, 5) is 11.8. The molecule has 7 nitrogen and oxygen atoms in total. The largest absolute Gasteiger partial charge is 0.453 e. The van der Waals surface area contributed by atoms with Crippen LogP contribution in [0.2, 0.25) is 0 Å². The first-order valence-corrected chi connectivity index (χ1v) is 7.12. The molecule has 22 heavy (non-hydrogen) atoms. The molecule has 0 saturated heterocycles. The molecule has 1 amide bonds. The van der Waals surface area contributed by atoms with E-state index in [1.54, 1.807) is 20.8 Å². The molecular weight excluding hydrogens is 321 g/mol. The number of alkyl halides is 3. The van der Waals surface area contributed by atoms with Crippen LogP contribution in [-0.4, -0.2) is 32.1 Å². The molecule has 1 unspecified atom stereocenters. The first kappa shape index (κ1) is 18.1. The smallest absolute Gasteiger partial charge is 0.337 e. The Kier molecular flexibility index (Phi) is 5.29. The molecule has 3 N–H and O–H groups in total. The van der Waals surface area contributed by atoms with E-state index in [1.165, 1.54) is 0 Å². The number of nitrogens with two attached hydrogens (primary N) is 1. The second-order valence-corrected chi connectivity index (χ2v) is 5.92. The van der Waals surface area contributed by atoms with Gasteiger partial charge in [-0.3, -0.25) is 4.79 Å². The average Bonchev–Trinajstić information content (AvgIpc) is 2.77. The molecule has 0 spiro atoms. The van der Waals surface area contributed by atoms with Gasteiger partial charge in [0.25, 0.3) is 5.82 Å². The van der Waals surface area contributed by atoms with Crippen LogP contribution in [0, 0.1) is 17.2 Å². The zero-order valence-electron chi connectivity index (χ0n) is 12.1.